The first-order valence-electron chi connectivity index (χ1n) is 7.52. The number of thiophene rings is 1. The molecular formula is C15H27IN4O3S. The van der Waals surface area contributed by atoms with Crippen LogP contribution in [0.4, 0.5) is 0 Å². The topological polar surface area (TPSA) is 95.0 Å². The third-order valence-electron chi connectivity index (χ3n) is 3.10. The van der Waals surface area contributed by atoms with Gasteiger partial charge in [-0.3, -0.25) is 4.79 Å². The summed E-state index contributed by atoms with van der Waals surface area (Å²) in [6.07, 6.45) is 0. The molecule has 1 unspecified atom stereocenters. The molecule has 0 spiro atoms. The van der Waals surface area contributed by atoms with Crippen LogP contribution in [-0.2, 0) is 15.1 Å². The smallest absolute Gasteiger partial charge is 0.241 e. The second-order valence-corrected chi connectivity index (χ2v) is 5.96. The Labute approximate surface area is 164 Å². The number of carbonyl (C=O) groups is 1. The molecule has 1 aromatic heterocycles. The molecule has 0 saturated carbocycles. The van der Waals surface area contributed by atoms with E-state index < -0.39 is 5.60 Å². The average Bonchev–Trinajstić information content (AvgIpc) is 3.05. The Balaban J connectivity index is 0.00000529. The van der Waals surface area contributed by atoms with Crippen LogP contribution in [0.25, 0.3) is 0 Å². The fraction of sp³-hybridized carbons (Fsp3) is 0.600. The predicted molar refractivity (Wildman–Crippen MR) is 108 cm³/mol. The zero-order chi connectivity index (χ0) is 17.1. The zero-order valence-electron chi connectivity index (χ0n) is 14.3. The summed E-state index contributed by atoms with van der Waals surface area (Å²) in [5, 5.41) is 23.1. The van der Waals surface area contributed by atoms with Crippen molar-refractivity contribution in [2.75, 3.05) is 39.9 Å². The van der Waals surface area contributed by atoms with Crippen LogP contribution in [0.1, 0.15) is 19.4 Å². The maximum atomic E-state index is 11.6. The molecule has 0 aliphatic carbocycles. The number of guanidine groups is 1. The highest BCUT2D eigenvalue weighted by Crippen LogP contribution is 2.21. The van der Waals surface area contributed by atoms with E-state index in [4.69, 9.17) is 4.74 Å². The summed E-state index contributed by atoms with van der Waals surface area (Å²) >= 11 is 1.54. The van der Waals surface area contributed by atoms with Gasteiger partial charge in [-0.05, 0) is 36.2 Å². The molecule has 7 nitrogen and oxygen atoms in total. The molecule has 0 radical (unpaired) electrons. The van der Waals surface area contributed by atoms with Gasteiger partial charge in [-0.25, -0.2) is 4.99 Å². The lowest BCUT2D eigenvalue weighted by Gasteiger charge is -2.24. The number of hydrogen-bond acceptors (Lipinski definition) is 5. The minimum atomic E-state index is -1.00. The maximum Gasteiger partial charge on any atom is 0.241 e. The van der Waals surface area contributed by atoms with Gasteiger partial charge in [-0.2, -0.15) is 11.3 Å². The number of carbonyl (C=O) groups excluding carboxylic acids is 1. The van der Waals surface area contributed by atoms with Crippen molar-refractivity contribution in [2.45, 2.75) is 19.4 Å². The number of nitrogens with one attached hydrogen (secondary N) is 3. The van der Waals surface area contributed by atoms with E-state index in [-0.39, 0.29) is 36.4 Å². The largest absolute Gasteiger partial charge is 0.384 e. The quantitative estimate of drug-likeness (QED) is 0.186. The molecule has 1 atom stereocenters. The number of hydrogen-bond donors (Lipinski definition) is 4. The fourth-order valence-electron chi connectivity index (χ4n) is 1.77. The van der Waals surface area contributed by atoms with Crippen molar-refractivity contribution < 1.29 is 14.6 Å². The molecule has 4 N–H and O–H groups in total. The van der Waals surface area contributed by atoms with Gasteiger partial charge in [0.05, 0.1) is 13.2 Å². The van der Waals surface area contributed by atoms with Crippen LogP contribution in [0, 0.1) is 0 Å². The predicted octanol–water partition coefficient (Wildman–Crippen LogP) is 0.891. The highest BCUT2D eigenvalue weighted by Gasteiger charge is 2.23. The van der Waals surface area contributed by atoms with Crippen LogP contribution in [0.15, 0.2) is 21.8 Å². The standard InChI is InChI=1S/C15H26N4O3S.HI/c1-4-16-14(18-9-13(20)17-6-7-22-3)19-11-15(2,21)12-5-8-23-10-12;/h5,8,10,21H,4,6-7,9,11H2,1-3H3,(H,17,20)(H2,16,18,19);1H. The van der Waals surface area contributed by atoms with Gasteiger partial charge in [-0.15, -0.1) is 24.0 Å². The van der Waals surface area contributed by atoms with E-state index in [0.29, 0.717) is 32.2 Å². The molecule has 1 heterocycles. The molecule has 0 fully saturated rings. The first kappa shape index (κ1) is 23.1. The first-order valence-corrected chi connectivity index (χ1v) is 8.46. The van der Waals surface area contributed by atoms with E-state index in [9.17, 15) is 9.90 Å². The lowest BCUT2D eigenvalue weighted by molar-refractivity contribution is -0.119. The number of aliphatic hydroxyl groups is 1. The molecule has 0 aromatic carbocycles. The van der Waals surface area contributed by atoms with E-state index in [1.54, 1.807) is 14.0 Å². The van der Waals surface area contributed by atoms with Crippen LogP contribution >= 0.6 is 35.3 Å². The van der Waals surface area contributed by atoms with Crippen molar-refractivity contribution in [3.8, 4) is 0 Å². The molecule has 1 aromatic rings. The molecule has 0 aliphatic rings. The summed E-state index contributed by atoms with van der Waals surface area (Å²) in [7, 11) is 1.58. The van der Waals surface area contributed by atoms with E-state index >= 15 is 0 Å². The lowest BCUT2D eigenvalue weighted by Crippen LogP contribution is -2.45. The van der Waals surface area contributed by atoms with E-state index in [2.05, 4.69) is 20.9 Å². The highest BCUT2D eigenvalue weighted by molar-refractivity contribution is 14.0. The zero-order valence-corrected chi connectivity index (χ0v) is 17.4. The third-order valence-corrected chi connectivity index (χ3v) is 3.78. The number of ether oxygens (including phenoxy) is 1. The summed E-state index contributed by atoms with van der Waals surface area (Å²) < 4.78 is 4.87. The van der Waals surface area contributed by atoms with E-state index in [1.165, 1.54) is 11.3 Å². The Hall–Kier alpha value is -0.910. The van der Waals surface area contributed by atoms with Gasteiger partial charge in [0.2, 0.25) is 5.91 Å². The second kappa shape index (κ2) is 12.5. The number of halogens is 1. The van der Waals surface area contributed by atoms with Crippen LogP contribution in [0.3, 0.4) is 0 Å². The summed E-state index contributed by atoms with van der Waals surface area (Å²) in [5.74, 6) is 0.314. The first-order chi connectivity index (χ1) is 11.0. The normalized spacial score (nSPS) is 13.6. The Kier molecular flexibility index (Phi) is 12.0. The highest BCUT2D eigenvalue weighted by atomic mass is 127. The van der Waals surface area contributed by atoms with Crippen molar-refractivity contribution in [3.63, 3.8) is 0 Å². The van der Waals surface area contributed by atoms with Crippen LogP contribution in [0.5, 0.6) is 0 Å². The molecule has 138 valence electrons. The molecule has 0 saturated heterocycles. The van der Waals surface area contributed by atoms with Gasteiger partial charge < -0.3 is 25.8 Å². The molecule has 9 heteroatoms. The number of rotatable bonds is 9. The molecular weight excluding hydrogens is 443 g/mol. The third kappa shape index (κ3) is 8.81. The second-order valence-electron chi connectivity index (χ2n) is 5.18. The number of methoxy groups -OCH3 is 1. The van der Waals surface area contributed by atoms with E-state index in [1.807, 2.05) is 23.8 Å². The molecule has 24 heavy (non-hydrogen) atoms. The summed E-state index contributed by atoms with van der Waals surface area (Å²) in [4.78, 5) is 15.8. The number of nitrogens with zero attached hydrogens (tertiary/aromatic N) is 1. The van der Waals surface area contributed by atoms with Gasteiger partial charge in [-0.1, -0.05) is 0 Å². The molecule has 0 bridgehead atoms. The monoisotopic (exact) mass is 470 g/mol. The SMILES string of the molecule is CCNC(=NCC(=O)NCCOC)NCC(C)(O)c1ccsc1.I. The van der Waals surface area contributed by atoms with Crippen molar-refractivity contribution in [1.29, 1.82) is 0 Å². The van der Waals surface area contributed by atoms with Crippen molar-refractivity contribution >= 4 is 47.2 Å². The van der Waals surface area contributed by atoms with E-state index in [0.717, 1.165) is 5.56 Å². The van der Waals surface area contributed by atoms with Gasteiger partial charge in [0, 0.05) is 20.2 Å². The summed E-state index contributed by atoms with van der Waals surface area (Å²) in [6, 6.07) is 1.89. The number of aliphatic imine (C=N–C) groups is 1. The van der Waals surface area contributed by atoms with Gasteiger partial charge in [0.1, 0.15) is 12.1 Å². The summed E-state index contributed by atoms with van der Waals surface area (Å²) in [5.41, 5.74) is -0.153. The Morgan fingerprint density at radius 1 is 1.42 bits per heavy atom. The fourth-order valence-corrected chi connectivity index (χ4v) is 2.55. The van der Waals surface area contributed by atoms with Gasteiger partial charge >= 0.3 is 0 Å². The maximum absolute atomic E-state index is 11.6. The lowest BCUT2D eigenvalue weighted by atomic mass is 9.99. The Morgan fingerprint density at radius 2 is 2.17 bits per heavy atom. The summed E-state index contributed by atoms with van der Waals surface area (Å²) in [6.45, 7) is 5.58. The minimum absolute atomic E-state index is 0. The average molecular weight is 470 g/mol. The van der Waals surface area contributed by atoms with Crippen LogP contribution in [0.2, 0.25) is 0 Å². The van der Waals surface area contributed by atoms with Gasteiger partial charge in [0.25, 0.3) is 0 Å². The van der Waals surface area contributed by atoms with Crippen molar-refractivity contribution in [3.05, 3.63) is 22.4 Å². The minimum Gasteiger partial charge on any atom is -0.384 e. The Bertz CT molecular complexity index is 495. The molecule has 1 rings (SSSR count). The number of amides is 1. The van der Waals surface area contributed by atoms with Crippen LogP contribution in [-0.4, -0.2) is 56.9 Å². The van der Waals surface area contributed by atoms with Gasteiger partial charge in [0.15, 0.2) is 5.96 Å². The van der Waals surface area contributed by atoms with Crippen LogP contribution < -0.4 is 16.0 Å². The van der Waals surface area contributed by atoms with Crippen molar-refractivity contribution in [2.24, 2.45) is 4.99 Å². The molecule has 1 amide bonds. The van der Waals surface area contributed by atoms with Crippen molar-refractivity contribution in [1.82, 2.24) is 16.0 Å². The molecule has 0 aliphatic heterocycles. The Morgan fingerprint density at radius 3 is 2.75 bits per heavy atom.